The topological polar surface area (TPSA) is 26.3 Å². The van der Waals surface area contributed by atoms with Gasteiger partial charge >= 0.3 is 5.97 Å². The lowest BCUT2D eigenvalue weighted by molar-refractivity contribution is -0.164. The van der Waals surface area contributed by atoms with Gasteiger partial charge in [-0.2, -0.15) is 0 Å². The van der Waals surface area contributed by atoms with Crippen LogP contribution in [-0.4, -0.2) is 11.6 Å². The summed E-state index contributed by atoms with van der Waals surface area (Å²) in [4.78, 5) is 11.6. The summed E-state index contributed by atoms with van der Waals surface area (Å²) in [6.07, 6.45) is 3.77. The van der Waals surface area contributed by atoms with Crippen LogP contribution in [0.3, 0.4) is 0 Å². The van der Waals surface area contributed by atoms with E-state index >= 15 is 0 Å². The van der Waals surface area contributed by atoms with Crippen molar-refractivity contribution in [3.8, 4) is 0 Å². The van der Waals surface area contributed by atoms with E-state index in [-0.39, 0.29) is 11.6 Å². The second kappa shape index (κ2) is 3.36. The molecule has 84 valence electrons. The molecule has 2 bridgehead atoms. The summed E-state index contributed by atoms with van der Waals surface area (Å²) in [5.74, 6) is 1.61. The number of hydrogen-bond acceptors (Lipinski definition) is 2. The molecule has 0 aromatic carbocycles. The highest BCUT2D eigenvalue weighted by atomic mass is 16.6. The summed E-state index contributed by atoms with van der Waals surface area (Å²) in [7, 11) is 0. The molecule has 0 heterocycles. The Morgan fingerprint density at radius 2 is 2.13 bits per heavy atom. The van der Waals surface area contributed by atoms with Crippen LogP contribution in [0.4, 0.5) is 0 Å². The van der Waals surface area contributed by atoms with Gasteiger partial charge in [-0.15, -0.1) is 0 Å². The second-order valence-electron chi connectivity index (χ2n) is 5.41. The van der Waals surface area contributed by atoms with E-state index in [1.54, 1.807) is 6.92 Å². The van der Waals surface area contributed by atoms with Crippen molar-refractivity contribution >= 4 is 5.97 Å². The van der Waals surface area contributed by atoms with Crippen LogP contribution >= 0.6 is 0 Å². The molecule has 0 spiro atoms. The molecule has 2 aliphatic rings. The van der Waals surface area contributed by atoms with E-state index in [0.29, 0.717) is 17.4 Å². The molecule has 2 heteroatoms. The van der Waals surface area contributed by atoms with Crippen LogP contribution in [0.25, 0.3) is 0 Å². The van der Waals surface area contributed by atoms with Gasteiger partial charge in [0.15, 0.2) is 0 Å². The second-order valence-corrected chi connectivity index (χ2v) is 5.41. The van der Waals surface area contributed by atoms with E-state index in [9.17, 15) is 4.79 Å². The summed E-state index contributed by atoms with van der Waals surface area (Å²) in [6.45, 7) is 9.67. The minimum atomic E-state index is -0.237. The molecule has 2 nitrogen and oxygen atoms in total. The van der Waals surface area contributed by atoms with Gasteiger partial charge in [0.05, 0.1) is 0 Å². The monoisotopic (exact) mass is 208 g/mol. The largest absolute Gasteiger partial charge is 0.455 e. The van der Waals surface area contributed by atoms with Crippen molar-refractivity contribution in [2.75, 3.05) is 0 Å². The Labute approximate surface area is 91.7 Å². The third-order valence-electron chi connectivity index (χ3n) is 4.56. The van der Waals surface area contributed by atoms with Gasteiger partial charge in [-0.05, 0) is 50.9 Å². The standard InChI is InChI=1S/C13H20O2/c1-8(2)12(14)15-13(4)9(3)10-5-6-11(13)7-10/h9-11H,1,5-7H2,2-4H3. The normalized spacial score (nSPS) is 43.0. The highest BCUT2D eigenvalue weighted by Gasteiger charge is 2.55. The molecule has 0 N–H and O–H groups in total. The maximum atomic E-state index is 11.6. The zero-order chi connectivity index (χ0) is 11.2. The van der Waals surface area contributed by atoms with Crippen molar-refractivity contribution in [1.29, 1.82) is 0 Å². The fourth-order valence-electron chi connectivity index (χ4n) is 3.29. The van der Waals surface area contributed by atoms with Gasteiger partial charge in [0.2, 0.25) is 0 Å². The van der Waals surface area contributed by atoms with Gasteiger partial charge in [-0.3, -0.25) is 0 Å². The number of rotatable bonds is 2. The smallest absolute Gasteiger partial charge is 0.333 e. The fraction of sp³-hybridized carbons (Fsp3) is 0.769. The Hall–Kier alpha value is -0.790. The Balaban J connectivity index is 2.13. The first-order chi connectivity index (χ1) is 6.95. The number of hydrogen-bond donors (Lipinski definition) is 0. The van der Waals surface area contributed by atoms with Crippen molar-refractivity contribution in [2.24, 2.45) is 17.8 Å². The maximum Gasteiger partial charge on any atom is 0.333 e. The van der Waals surface area contributed by atoms with Crippen molar-refractivity contribution in [3.05, 3.63) is 12.2 Å². The third kappa shape index (κ3) is 1.51. The maximum absolute atomic E-state index is 11.6. The van der Waals surface area contributed by atoms with Crippen molar-refractivity contribution in [1.82, 2.24) is 0 Å². The van der Waals surface area contributed by atoms with Crippen LogP contribution in [0, 0.1) is 17.8 Å². The van der Waals surface area contributed by atoms with Gasteiger partial charge in [0, 0.05) is 5.57 Å². The Kier molecular flexibility index (Phi) is 2.40. The van der Waals surface area contributed by atoms with E-state index in [0.717, 1.165) is 5.92 Å². The van der Waals surface area contributed by atoms with Crippen LogP contribution in [0.5, 0.6) is 0 Å². The van der Waals surface area contributed by atoms with E-state index in [2.05, 4.69) is 20.4 Å². The molecule has 0 aromatic heterocycles. The molecule has 0 radical (unpaired) electrons. The number of carbonyl (C=O) groups is 1. The zero-order valence-corrected chi connectivity index (χ0v) is 9.88. The summed E-state index contributed by atoms with van der Waals surface area (Å²) < 4.78 is 5.67. The molecule has 15 heavy (non-hydrogen) atoms. The van der Waals surface area contributed by atoms with Gasteiger partial charge in [-0.1, -0.05) is 13.5 Å². The molecule has 0 aromatic rings. The molecular weight excluding hydrogens is 188 g/mol. The van der Waals surface area contributed by atoms with Gasteiger partial charge < -0.3 is 4.74 Å². The van der Waals surface area contributed by atoms with Crippen molar-refractivity contribution in [3.63, 3.8) is 0 Å². The molecule has 2 rings (SSSR count). The molecule has 0 amide bonds. The zero-order valence-electron chi connectivity index (χ0n) is 9.88. The molecule has 2 saturated carbocycles. The minimum absolute atomic E-state index is 0.225. The number of fused-ring (bicyclic) bond motifs is 2. The lowest BCUT2D eigenvalue weighted by atomic mass is 9.77. The molecule has 4 atom stereocenters. The summed E-state index contributed by atoms with van der Waals surface area (Å²) >= 11 is 0. The lowest BCUT2D eigenvalue weighted by Gasteiger charge is -2.38. The van der Waals surface area contributed by atoms with Gasteiger partial charge in [0.1, 0.15) is 5.60 Å². The number of carbonyl (C=O) groups excluding carboxylic acids is 1. The Bertz CT molecular complexity index is 304. The Morgan fingerprint density at radius 3 is 2.60 bits per heavy atom. The molecular formula is C13H20O2. The van der Waals surface area contributed by atoms with E-state index in [1.165, 1.54) is 19.3 Å². The van der Waals surface area contributed by atoms with Crippen LogP contribution in [0.2, 0.25) is 0 Å². The first-order valence-electron chi connectivity index (χ1n) is 5.84. The van der Waals surface area contributed by atoms with Gasteiger partial charge in [-0.25, -0.2) is 4.79 Å². The average Bonchev–Trinajstić information content (AvgIpc) is 2.70. The third-order valence-corrected chi connectivity index (χ3v) is 4.56. The summed E-state index contributed by atoms with van der Waals surface area (Å²) in [6, 6.07) is 0. The van der Waals surface area contributed by atoms with Gasteiger partial charge in [0.25, 0.3) is 0 Å². The van der Waals surface area contributed by atoms with E-state index in [4.69, 9.17) is 4.74 Å². The van der Waals surface area contributed by atoms with Crippen molar-refractivity contribution < 1.29 is 9.53 Å². The summed E-state index contributed by atoms with van der Waals surface area (Å²) in [5, 5.41) is 0. The van der Waals surface area contributed by atoms with Crippen molar-refractivity contribution in [2.45, 2.75) is 45.6 Å². The number of ether oxygens (including phenoxy) is 1. The average molecular weight is 208 g/mol. The molecule has 0 saturated heterocycles. The van der Waals surface area contributed by atoms with Crippen LogP contribution in [-0.2, 0) is 9.53 Å². The first kappa shape index (κ1) is 10.7. The first-order valence-corrected chi connectivity index (χ1v) is 5.84. The predicted molar refractivity (Wildman–Crippen MR) is 59.3 cm³/mol. The Morgan fingerprint density at radius 1 is 1.47 bits per heavy atom. The molecule has 2 fully saturated rings. The fourth-order valence-corrected chi connectivity index (χ4v) is 3.29. The van der Waals surface area contributed by atoms with Crippen LogP contribution < -0.4 is 0 Å². The quantitative estimate of drug-likeness (QED) is 0.515. The number of esters is 1. The van der Waals surface area contributed by atoms with E-state index < -0.39 is 0 Å². The predicted octanol–water partition coefficient (Wildman–Crippen LogP) is 2.93. The SMILES string of the molecule is C=C(C)C(=O)OC1(C)C2CCC(C2)C1C. The van der Waals surface area contributed by atoms with E-state index in [1.807, 2.05) is 0 Å². The minimum Gasteiger partial charge on any atom is -0.455 e. The molecule has 4 unspecified atom stereocenters. The molecule has 2 aliphatic carbocycles. The van der Waals surface area contributed by atoms with Crippen LogP contribution in [0.15, 0.2) is 12.2 Å². The molecule has 0 aliphatic heterocycles. The summed E-state index contributed by atoms with van der Waals surface area (Å²) in [5.41, 5.74) is 0.269. The lowest BCUT2D eigenvalue weighted by Crippen LogP contribution is -2.43. The van der Waals surface area contributed by atoms with Crippen LogP contribution in [0.1, 0.15) is 40.0 Å². The highest BCUT2D eigenvalue weighted by Crippen LogP contribution is 2.56. The highest BCUT2D eigenvalue weighted by molar-refractivity contribution is 5.87.